The molecule has 1 saturated heterocycles. The predicted molar refractivity (Wildman–Crippen MR) is 99.6 cm³/mol. The van der Waals surface area contributed by atoms with Crippen LogP contribution >= 0.6 is 11.3 Å². The zero-order valence-electron chi connectivity index (χ0n) is 13.9. The lowest BCUT2D eigenvalue weighted by Gasteiger charge is -2.29. The normalized spacial score (nSPS) is 14.7. The van der Waals surface area contributed by atoms with E-state index in [9.17, 15) is 4.79 Å². The minimum absolute atomic E-state index is 0.188. The van der Waals surface area contributed by atoms with Crippen molar-refractivity contribution < 1.29 is 9.53 Å². The Hall–Kier alpha value is -2.51. The van der Waals surface area contributed by atoms with E-state index in [0.717, 1.165) is 35.4 Å². The van der Waals surface area contributed by atoms with Crippen molar-refractivity contribution in [3.05, 3.63) is 47.1 Å². The number of aryl methyl sites for hydroxylation is 1. The maximum absolute atomic E-state index is 12.7. The summed E-state index contributed by atoms with van der Waals surface area (Å²) in [6.07, 6.45) is 1.66. The number of benzene rings is 1. The van der Waals surface area contributed by atoms with Gasteiger partial charge in [0.05, 0.1) is 24.5 Å². The van der Waals surface area contributed by atoms with E-state index in [1.807, 2.05) is 36.6 Å². The summed E-state index contributed by atoms with van der Waals surface area (Å²) in [7, 11) is 0. The maximum Gasteiger partial charge on any atom is 0.259 e. The second-order valence-electron chi connectivity index (χ2n) is 5.89. The molecular weight excluding hydrogens is 336 g/mol. The monoisotopic (exact) mass is 354 g/mol. The van der Waals surface area contributed by atoms with Gasteiger partial charge < -0.3 is 9.64 Å². The first-order chi connectivity index (χ1) is 12.2. The molecule has 0 unspecified atom stereocenters. The average molecular weight is 354 g/mol. The molecule has 3 heterocycles. The molecule has 25 heavy (non-hydrogen) atoms. The van der Waals surface area contributed by atoms with Crippen molar-refractivity contribution in [1.82, 2.24) is 9.97 Å². The largest absolute Gasteiger partial charge is 0.378 e. The van der Waals surface area contributed by atoms with E-state index in [0.29, 0.717) is 23.9 Å². The van der Waals surface area contributed by atoms with Gasteiger partial charge in [0.1, 0.15) is 5.82 Å². The number of amides is 1. The van der Waals surface area contributed by atoms with Gasteiger partial charge in [-0.25, -0.2) is 9.97 Å². The molecule has 0 radical (unpaired) electrons. The van der Waals surface area contributed by atoms with Gasteiger partial charge in [-0.3, -0.25) is 10.1 Å². The summed E-state index contributed by atoms with van der Waals surface area (Å²) in [6, 6.07) is 7.88. The van der Waals surface area contributed by atoms with E-state index in [-0.39, 0.29) is 5.91 Å². The van der Waals surface area contributed by atoms with Gasteiger partial charge in [-0.2, -0.15) is 0 Å². The molecule has 1 aromatic carbocycles. The first kappa shape index (κ1) is 16.0. The van der Waals surface area contributed by atoms with Gasteiger partial charge in [0.25, 0.3) is 5.91 Å². The van der Waals surface area contributed by atoms with Crippen LogP contribution in [0.2, 0.25) is 0 Å². The molecular formula is C18H18N4O2S. The number of anilines is 2. The van der Waals surface area contributed by atoms with Crippen molar-refractivity contribution in [3.8, 4) is 0 Å². The molecule has 1 amide bonds. The number of morpholine rings is 1. The van der Waals surface area contributed by atoms with Crippen LogP contribution in [-0.2, 0) is 4.74 Å². The third-order valence-corrected chi connectivity index (χ3v) is 5.04. The van der Waals surface area contributed by atoms with Crippen molar-refractivity contribution in [2.24, 2.45) is 0 Å². The Morgan fingerprint density at radius 3 is 2.72 bits per heavy atom. The van der Waals surface area contributed by atoms with Crippen LogP contribution in [0.15, 0.2) is 35.8 Å². The van der Waals surface area contributed by atoms with E-state index in [4.69, 9.17) is 4.74 Å². The van der Waals surface area contributed by atoms with E-state index in [1.165, 1.54) is 11.3 Å². The zero-order chi connectivity index (χ0) is 17.2. The number of ether oxygens (including phenoxy) is 1. The van der Waals surface area contributed by atoms with Crippen molar-refractivity contribution >= 4 is 39.0 Å². The number of carbonyl (C=O) groups excluding carboxylic acids is 1. The first-order valence-corrected chi connectivity index (χ1v) is 9.04. The molecule has 1 aliphatic heterocycles. The maximum atomic E-state index is 12.7. The average Bonchev–Trinajstić information content (AvgIpc) is 3.06. The predicted octanol–water partition coefficient (Wildman–Crippen LogP) is 3.09. The number of hydrogen-bond donors (Lipinski definition) is 1. The third-order valence-electron chi connectivity index (χ3n) is 4.17. The summed E-state index contributed by atoms with van der Waals surface area (Å²) in [6.45, 7) is 4.91. The first-order valence-electron chi connectivity index (χ1n) is 8.16. The van der Waals surface area contributed by atoms with Crippen molar-refractivity contribution in [2.75, 3.05) is 36.5 Å². The molecule has 4 rings (SSSR count). The molecule has 0 aliphatic carbocycles. The molecule has 1 N–H and O–H groups in total. The number of pyridine rings is 1. The molecule has 0 atom stereocenters. The second kappa shape index (κ2) is 6.78. The fraction of sp³-hybridized carbons (Fsp3) is 0.278. The Balaban J connectivity index is 1.71. The quantitative estimate of drug-likeness (QED) is 0.783. The van der Waals surface area contributed by atoms with Gasteiger partial charge in [-0.15, -0.1) is 11.3 Å². The molecule has 0 bridgehead atoms. The fourth-order valence-corrected chi connectivity index (χ4v) is 3.64. The minimum Gasteiger partial charge on any atom is -0.378 e. The highest BCUT2D eigenvalue weighted by Crippen LogP contribution is 2.28. The molecule has 2 aromatic heterocycles. The van der Waals surface area contributed by atoms with Gasteiger partial charge >= 0.3 is 0 Å². The number of fused-ring (bicyclic) bond motifs is 1. The van der Waals surface area contributed by atoms with Crippen LogP contribution in [0.3, 0.4) is 0 Å². The Morgan fingerprint density at radius 1 is 1.24 bits per heavy atom. The van der Waals surface area contributed by atoms with Crippen LogP contribution in [0.25, 0.3) is 10.8 Å². The minimum atomic E-state index is -0.188. The van der Waals surface area contributed by atoms with Crippen LogP contribution in [-0.4, -0.2) is 42.2 Å². The third kappa shape index (κ3) is 3.20. The van der Waals surface area contributed by atoms with Crippen molar-refractivity contribution in [3.63, 3.8) is 0 Å². The molecule has 7 heteroatoms. The zero-order valence-corrected chi connectivity index (χ0v) is 14.7. The number of rotatable bonds is 3. The number of hydrogen-bond acceptors (Lipinski definition) is 6. The molecule has 1 aliphatic rings. The Kier molecular flexibility index (Phi) is 4.33. The molecule has 3 aromatic rings. The van der Waals surface area contributed by atoms with Crippen LogP contribution < -0.4 is 10.2 Å². The van der Waals surface area contributed by atoms with Crippen molar-refractivity contribution in [2.45, 2.75) is 6.92 Å². The number of aromatic nitrogens is 2. The summed E-state index contributed by atoms with van der Waals surface area (Å²) in [5.41, 5.74) is 1.45. The van der Waals surface area contributed by atoms with Crippen molar-refractivity contribution in [1.29, 1.82) is 0 Å². The lowest BCUT2D eigenvalue weighted by atomic mass is 10.1. The van der Waals surface area contributed by atoms with Gasteiger partial charge in [0.15, 0.2) is 5.13 Å². The summed E-state index contributed by atoms with van der Waals surface area (Å²) in [5, 5.41) is 7.25. The molecule has 6 nitrogen and oxygen atoms in total. The summed E-state index contributed by atoms with van der Waals surface area (Å²) >= 11 is 1.42. The van der Waals surface area contributed by atoms with Crippen LogP contribution in [0.5, 0.6) is 0 Å². The highest BCUT2D eigenvalue weighted by Gasteiger charge is 2.19. The standard InChI is InChI=1S/C18H18N4O2S/c1-12-11-25-18(20-12)21-17(23)15-10-19-16(22-6-8-24-9-7-22)14-5-3-2-4-13(14)15/h2-5,10-11H,6-9H2,1H3,(H,20,21,23). The number of thiazole rings is 1. The van der Waals surface area contributed by atoms with E-state index < -0.39 is 0 Å². The highest BCUT2D eigenvalue weighted by atomic mass is 32.1. The lowest BCUT2D eigenvalue weighted by molar-refractivity contribution is 0.102. The summed E-state index contributed by atoms with van der Waals surface area (Å²) in [5.74, 6) is 0.715. The SMILES string of the molecule is Cc1csc(NC(=O)c2cnc(N3CCOCC3)c3ccccc23)n1. The molecule has 1 fully saturated rings. The molecule has 0 saturated carbocycles. The lowest BCUT2D eigenvalue weighted by Crippen LogP contribution is -2.37. The highest BCUT2D eigenvalue weighted by molar-refractivity contribution is 7.13. The van der Waals surface area contributed by atoms with E-state index in [1.54, 1.807) is 6.20 Å². The van der Waals surface area contributed by atoms with Gasteiger partial charge in [0.2, 0.25) is 0 Å². The Bertz CT molecular complexity index is 918. The second-order valence-corrected chi connectivity index (χ2v) is 6.75. The smallest absolute Gasteiger partial charge is 0.259 e. The van der Waals surface area contributed by atoms with E-state index in [2.05, 4.69) is 20.2 Å². The van der Waals surface area contributed by atoms with Gasteiger partial charge in [-0.1, -0.05) is 24.3 Å². The number of nitrogens with one attached hydrogen (secondary N) is 1. The summed E-state index contributed by atoms with van der Waals surface area (Å²) in [4.78, 5) is 23.8. The number of carbonyl (C=O) groups is 1. The topological polar surface area (TPSA) is 67.4 Å². The summed E-state index contributed by atoms with van der Waals surface area (Å²) < 4.78 is 5.42. The Morgan fingerprint density at radius 2 is 2.00 bits per heavy atom. The Labute approximate surface area is 149 Å². The van der Waals surface area contributed by atoms with Gasteiger partial charge in [-0.05, 0) is 12.3 Å². The van der Waals surface area contributed by atoms with E-state index >= 15 is 0 Å². The fourth-order valence-electron chi connectivity index (χ4n) is 2.96. The number of nitrogens with zero attached hydrogens (tertiary/aromatic N) is 3. The molecule has 0 spiro atoms. The van der Waals surface area contributed by atoms with Crippen LogP contribution in [0.4, 0.5) is 10.9 Å². The van der Waals surface area contributed by atoms with Gasteiger partial charge in [0, 0.05) is 30.1 Å². The van der Waals surface area contributed by atoms with Crippen LogP contribution in [0, 0.1) is 6.92 Å². The molecule has 128 valence electrons. The van der Waals surface area contributed by atoms with Crippen LogP contribution in [0.1, 0.15) is 16.1 Å².